The minimum atomic E-state index is -0.587. The molecule has 0 aliphatic rings. The molecule has 0 aliphatic heterocycles. The molecule has 1 unspecified atom stereocenters. The summed E-state index contributed by atoms with van der Waals surface area (Å²) in [7, 11) is 0. The first-order valence-electron chi connectivity index (χ1n) is 4.52. The number of halogens is 3. The monoisotopic (exact) mass is 373 g/mol. The molecule has 0 radical (unpaired) electrons. The van der Waals surface area contributed by atoms with Crippen molar-refractivity contribution in [2.75, 3.05) is 6.54 Å². The van der Waals surface area contributed by atoms with E-state index in [0.29, 0.717) is 19.2 Å². The summed E-state index contributed by atoms with van der Waals surface area (Å²) in [6.07, 6.45) is -0.587. The largest absolute Gasteiger partial charge is 0.392 e. The maximum atomic E-state index is 11.7. The van der Waals surface area contributed by atoms with Crippen LogP contribution in [0.5, 0.6) is 0 Å². The fraction of sp³-hybridized carbons (Fsp3) is 0.300. The van der Waals surface area contributed by atoms with Crippen LogP contribution >= 0.6 is 45.8 Å². The van der Waals surface area contributed by atoms with Gasteiger partial charge in [-0.25, -0.2) is 0 Å². The van der Waals surface area contributed by atoms with Gasteiger partial charge in [-0.15, -0.1) is 0 Å². The topological polar surface area (TPSA) is 49.3 Å². The number of hydrogen-bond acceptors (Lipinski definition) is 2. The summed E-state index contributed by atoms with van der Waals surface area (Å²) in [6.45, 7) is 1.79. The predicted octanol–water partition coefficient (Wildman–Crippen LogP) is 2.71. The summed E-state index contributed by atoms with van der Waals surface area (Å²) < 4.78 is 0.645. The van der Waals surface area contributed by atoms with Crippen molar-refractivity contribution in [3.8, 4) is 0 Å². The summed E-state index contributed by atoms with van der Waals surface area (Å²) in [5, 5.41) is 12.5. The van der Waals surface area contributed by atoms with Crippen molar-refractivity contribution in [1.82, 2.24) is 5.32 Å². The highest BCUT2D eigenvalue weighted by molar-refractivity contribution is 14.1. The van der Waals surface area contributed by atoms with Crippen LogP contribution in [0.25, 0.3) is 0 Å². The second-order valence-electron chi connectivity index (χ2n) is 3.31. The van der Waals surface area contributed by atoms with Gasteiger partial charge >= 0.3 is 0 Å². The lowest BCUT2D eigenvalue weighted by molar-refractivity contribution is 0.0923. The van der Waals surface area contributed by atoms with Gasteiger partial charge in [-0.3, -0.25) is 4.79 Å². The zero-order valence-corrected chi connectivity index (χ0v) is 12.1. The van der Waals surface area contributed by atoms with E-state index in [4.69, 9.17) is 28.3 Å². The van der Waals surface area contributed by atoms with E-state index in [2.05, 4.69) is 5.32 Å². The van der Waals surface area contributed by atoms with Crippen molar-refractivity contribution >= 4 is 51.7 Å². The second kappa shape index (κ2) is 6.05. The molecule has 2 N–H and O–H groups in total. The molecule has 1 aromatic rings. The molecule has 88 valence electrons. The molecule has 0 spiro atoms. The Balaban J connectivity index is 2.91. The van der Waals surface area contributed by atoms with Crippen molar-refractivity contribution in [3.63, 3.8) is 0 Å². The molecular weight excluding hydrogens is 364 g/mol. The summed E-state index contributed by atoms with van der Waals surface area (Å²) in [5.74, 6) is -0.297. The van der Waals surface area contributed by atoms with E-state index in [-0.39, 0.29) is 12.5 Å². The van der Waals surface area contributed by atoms with E-state index in [9.17, 15) is 4.79 Å². The fourth-order valence-electron chi connectivity index (χ4n) is 1.06. The van der Waals surface area contributed by atoms with E-state index >= 15 is 0 Å². The van der Waals surface area contributed by atoms with Crippen LogP contribution in [0.3, 0.4) is 0 Å². The Bertz CT molecular complexity index is 410. The average molecular weight is 374 g/mol. The Hall–Kier alpha value is -0.0400. The summed E-state index contributed by atoms with van der Waals surface area (Å²) >= 11 is 13.7. The highest BCUT2D eigenvalue weighted by Gasteiger charge is 2.14. The molecule has 1 rings (SSSR count). The summed E-state index contributed by atoms with van der Waals surface area (Å²) in [5.41, 5.74) is 0.416. The van der Waals surface area contributed by atoms with Crippen molar-refractivity contribution in [2.24, 2.45) is 0 Å². The third-order valence-corrected chi connectivity index (χ3v) is 3.79. The molecule has 0 bridgehead atoms. The molecule has 0 saturated carbocycles. The molecule has 1 atom stereocenters. The van der Waals surface area contributed by atoms with E-state index in [1.165, 1.54) is 0 Å². The highest BCUT2D eigenvalue weighted by Crippen LogP contribution is 2.26. The Morgan fingerprint density at radius 1 is 1.56 bits per heavy atom. The number of rotatable bonds is 3. The van der Waals surface area contributed by atoms with Crippen molar-refractivity contribution in [3.05, 3.63) is 31.3 Å². The van der Waals surface area contributed by atoms with Crippen LogP contribution in [0, 0.1) is 3.57 Å². The van der Waals surface area contributed by atoms with Crippen LogP contribution in [0.15, 0.2) is 12.1 Å². The Kier molecular flexibility index (Phi) is 5.30. The van der Waals surface area contributed by atoms with Crippen LogP contribution in [0.2, 0.25) is 10.0 Å². The summed E-state index contributed by atoms with van der Waals surface area (Å²) in [6, 6.07) is 3.13. The lowest BCUT2D eigenvalue weighted by atomic mass is 10.2. The SMILES string of the molecule is CC(O)CNC(=O)c1cc(Cl)cc(Cl)c1I. The Labute approximate surface area is 117 Å². The highest BCUT2D eigenvalue weighted by atomic mass is 127. The lowest BCUT2D eigenvalue weighted by Crippen LogP contribution is -2.31. The van der Waals surface area contributed by atoms with Gasteiger partial charge in [0.25, 0.3) is 5.91 Å². The maximum absolute atomic E-state index is 11.7. The molecule has 6 heteroatoms. The molecular formula is C10H10Cl2INO2. The number of carbonyl (C=O) groups is 1. The van der Waals surface area contributed by atoms with E-state index in [1.54, 1.807) is 19.1 Å². The average Bonchev–Trinajstić information content (AvgIpc) is 2.19. The van der Waals surface area contributed by atoms with E-state index in [0.717, 1.165) is 0 Å². The molecule has 1 amide bonds. The molecule has 1 aromatic carbocycles. The van der Waals surface area contributed by atoms with Gasteiger partial charge in [0.15, 0.2) is 0 Å². The van der Waals surface area contributed by atoms with Crippen LogP contribution in [0.1, 0.15) is 17.3 Å². The van der Waals surface area contributed by atoms with E-state index < -0.39 is 6.10 Å². The number of amides is 1. The van der Waals surface area contributed by atoms with Crippen molar-refractivity contribution in [1.29, 1.82) is 0 Å². The van der Waals surface area contributed by atoms with Crippen LogP contribution in [-0.4, -0.2) is 23.7 Å². The Morgan fingerprint density at radius 3 is 2.75 bits per heavy atom. The molecule has 3 nitrogen and oxygen atoms in total. The van der Waals surface area contributed by atoms with E-state index in [1.807, 2.05) is 22.6 Å². The number of carbonyl (C=O) groups excluding carboxylic acids is 1. The first-order chi connectivity index (χ1) is 7.41. The van der Waals surface area contributed by atoms with Gasteiger partial charge in [0.1, 0.15) is 0 Å². The second-order valence-corrected chi connectivity index (χ2v) is 5.23. The molecule has 0 saturated heterocycles. The molecule has 0 aliphatic carbocycles. The third-order valence-electron chi connectivity index (χ3n) is 1.80. The number of nitrogens with one attached hydrogen (secondary N) is 1. The van der Waals surface area contributed by atoms with Gasteiger partial charge in [-0.05, 0) is 41.6 Å². The quantitative estimate of drug-likeness (QED) is 0.632. The zero-order chi connectivity index (χ0) is 12.3. The normalized spacial score (nSPS) is 12.3. The number of benzene rings is 1. The van der Waals surface area contributed by atoms with Gasteiger partial charge in [-0.1, -0.05) is 23.2 Å². The van der Waals surface area contributed by atoms with Crippen molar-refractivity contribution < 1.29 is 9.90 Å². The minimum Gasteiger partial charge on any atom is -0.392 e. The predicted molar refractivity (Wildman–Crippen MR) is 73.2 cm³/mol. The van der Waals surface area contributed by atoms with Crippen molar-refractivity contribution in [2.45, 2.75) is 13.0 Å². The first-order valence-corrected chi connectivity index (χ1v) is 6.36. The number of hydrogen-bond donors (Lipinski definition) is 2. The smallest absolute Gasteiger partial charge is 0.252 e. The Morgan fingerprint density at radius 2 is 2.19 bits per heavy atom. The maximum Gasteiger partial charge on any atom is 0.252 e. The van der Waals surface area contributed by atoms with Gasteiger partial charge in [-0.2, -0.15) is 0 Å². The van der Waals surface area contributed by atoms with Gasteiger partial charge in [0.05, 0.1) is 16.7 Å². The van der Waals surface area contributed by atoms with Crippen LogP contribution < -0.4 is 5.32 Å². The molecule has 16 heavy (non-hydrogen) atoms. The fourth-order valence-corrected chi connectivity index (χ4v) is 2.11. The summed E-state index contributed by atoms with van der Waals surface area (Å²) in [4.78, 5) is 11.7. The molecule has 0 fully saturated rings. The zero-order valence-electron chi connectivity index (χ0n) is 8.43. The third kappa shape index (κ3) is 3.76. The number of aliphatic hydroxyl groups excluding tert-OH is 1. The lowest BCUT2D eigenvalue weighted by Gasteiger charge is -2.09. The molecule has 0 aromatic heterocycles. The standard InChI is InChI=1S/C10H10Cl2INO2/c1-5(15)4-14-10(16)7-2-6(11)3-8(12)9(7)13/h2-3,5,15H,4H2,1H3,(H,14,16). The van der Waals surface area contributed by atoms with Crippen LogP contribution in [-0.2, 0) is 0 Å². The van der Waals surface area contributed by atoms with Gasteiger partial charge in [0.2, 0.25) is 0 Å². The first kappa shape index (κ1) is 14.0. The van der Waals surface area contributed by atoms with Gasteiger partial charge in [0, 0.05) is 15.1 Å². The van der Waals surface area contributed by atoms with Crippen LogP contribution in [0.4, 0.5) is 0 Å². The molecule has 0 heterocycles. The number of aliphatic hydroxyl groups is 1. The minimum absolute atomic E-state index is 0.193. The van der Waals surface area contributed by atoms with Gasteiger partial charge < -0.3 is 10.4 Å².